The molecule has 160 valence electrons. The predicted octanol–water partition coefficient (Wildman–Crippen LogP) is 7.02. The largest absolute Gasteiger partial charge is 0.374 e. The molecule has 3 nitrogen and oxygen atoms in total. The van der Waals surface area contributed by atoms with E-state index >= 15 is 0 Å². The van der Waals surface area contributed by atoms with Gasteiger partial charge < -0.3 is 4.48 Å². The summed E-state index contributed by atoms with van der Waals surface area (Å²) in [6.07, 6.45) is 25.7. The molecule has 0 radical (unpaired) electrons. The quantitative estimate of drug-likeness (QED) is 0.325. The number of para-hydroxylation sites is 1. The summed E-state index contributed by atoms with van der Waals surface area (Å²) in [6, 6.07) is 16.8. The van der Waals surface area contributed by atoms with Crippen LogP contribution in [0, 0.1) is 11.3 Å². The van der Waals surface area contributed by atoms with Gasteiger partial charge in [-0.1, -0.05) is 89.9 Å². The fraction of sp³-hybridized carbons (Fsp3) is 0.0667. The first kappa shape index (κ1) is 20.3. The van der Waals surface area contributed by atoms with Crippen LogP contribution in [0.2, 0.25) is 0 Å². The summed E-state index contributed by atoms with van der Waals surface area (Å²) in [4.78, 5) is 4.81. The Labute approximate surface area is 199 Å². The zero-order valence-corrected chi connectivity index (χ0v) is 18.7. The van der Waals surface area contributed by atoms with E-state index in [1.54, 1.807) is 0 Å². The van der Waals surface area contributed by atoms with Gasteiger partial charge in [-0.25, -0.2) is 0 Å². The van der Waals surface area contributed by atoms with E-state index in [1.165, 1.54) is 10.9 Å². The summed E-state index contributed by atoms with van der Waals surface area (Å²) in [5, 5.41) is 13.0. The number of rotatable bonds is 3. The zero-order valence-electron chi connectivity index (χ0n) is 18.7. The summed E-state index contributed by atoms with van der Waals surface area (Å²) in [5.74, 6) is 0. The molecule has 0 spiro atoms. The molecule has 2 heterocycles. The van der Waals surface area contributed by atoms with Crippen molar-refractivity contribution in [1.29, 1.82) is 5.26 Å². The van der Waals surface area contributed by atoms with E-state index in [4.69, 9.17) is 4.98 Å². The fourth-order valence-electron chi connectivity index (χ4n) is 5.12. The van der Waals surface area contributed by atoms with Gasteiger partial charge in [-0.15, -0.1) is 0 Å². The van der Waals surface area contributed by atoms with Crippen LogP contribution in [0.5, 0.6) is 0 Å². The molecular weight excluding hydrogens is 413 g/mol. The maximum absolute atomic E-state index is 9.92. The highest BCUT2D eigenvalue weighted by molar-refractivity contribution is 6.76. The molecule has 0 saturated heterocycles. The molecule has 0 aliphatic heterocycles. The number of nitrogens with zero attached hydrogens (tertiary/aromatic N) is 3. The standard InChI is InChI=1S/C30H22BN3/c32-21-22-20-27-26-16-9-10-18-28(26)34(30(27)29-25(22)17-11-19-33-29)31(23-12-5-1-2-6-13-23)24-14-7-3-4-8-15-24/h1,3,5-20H,2,4H2. The highest BCUT2D eigenvalue weighted by atomic mass is 14.9. The molecule has 0 atom stereocenters. The third-order valence-corrected chi connectivity index (χ3v) is 6.59. The number of allylic oxidation sites excluding steroid dienone is 12. The van der Waals surface area contributed by atoms with E-state index in [2.05, 4.69) is 95.6 Å². The molecule has 2 aromatic heterocycles. The topological polar surface area (TPSA) is 41.6 Å². The molecule has 0 fully saturated rings. The van der Waals surface area contributed by atoms with Crippen molar-refractivity contribution in [3.05, 3.63) is 126 Å². The van der Waals surface area contributed by atoms with Crippen LogP contribution in [0.1, 0.15) is 18.4 Å². The predicted molar refractivity (Wildman–Crippen MR) is 143 cm³/mol. The molecule has 6 rings (SSSR count). The Balaban J connectivity index is 1.80. The van der Waals surface area contributed by atoms with Crippen molar-refractivity contribution in [3.63, 3.8) is 0 Å². The molecule has 2 aliphatic rings. The normalized spacial score (nSPS) is 15.3. The zero-order chi connectivity index (χ0) is 22.9. The average Bonchev–Trinajstić information content (AvgIpc) is 3.14. The second kappa shape index (κ2) is 8.54. The van der Waals surface area contributed by atoms with Crippen molar-refractivity contribution >= 4 is 39.6 Å². The first-order valence-corrected chi connectivity index (χ1v) is 11.6. The van der Waals surface area contributed by atoms with E-state index in [9.17, 15) is 5.26 Å². The van der Waals surface area contributed by atoms with E-state index in [-0.39, 0.29) is 6.85 Å². The third kappa shape index (κ3) is 3.26. The second-order valence-electron chi connectivity index (χ2n) is 8.59. The second-order valence-corrected chi connectivity index (χ2v) is 8.59. The Bertz CT molecular complexity index is 1630. The van der Waals surface area contributed by atoms with Crippen LogP contribution in [0.3, 0.4) is 0 Å². The number of hydrogen-bond acceptors (Lipinski definition) is 2. The first-order chi connectivity index (χ1) is 16.9. The smallest absolute Gasteiger partial charge is 0.328 e. The molecule has 0 bridgehead atoms. The van der Waals surface area contributed by atoms with Crippen molar-refractivity contribution < 1.29 is 0 Å². The molecule has 2 aromatic carbocycles. The number of nitriles is 1. The highest BCUT2D eigenvalue weighted by Crippen LogP contribution is 2.37. The summed E-state index contributed by atoms with van der Waals surface area (Å²) in [7, 11) is 0. The lowest BCUT2D eigenvalue weighted by Gasteiger charge is -2.21. The first-order valence-electron chi connectivity index (χ1n) is 11.6. The van der Waals surface area contributed by atoms with Crippen LogP contribution >= 0.6 is 0 Å². The van der Waals surface area contributed by atoms with Gasteiger partial charge in [0.2, 0.25) is 0 Å². The van der Waals surface area contributed by atoms with Gasteiger partial charge in [0, 0.05) is 27.9 Å². The summed E-state index contributed by atoms with van der Waals surface area (Å²) >= 11 is 0. The maximum Gasteiger partial charge on any atom is 0.328 e. The number of fused-ring (bicyclic) bond motifs is 5. The van der Waals surface area contributed by atoms with Crippen LogP contribution < -0.4 is 0 Å². The van der Waals surface area contributed by atoms with Gasteiger partial charge in [-0.3, -0.25) is 4.98 Å². The Morgan fingerprint density at radius 3 is 2.26 bits per heavy atom. The van der Waals surface area contributed by atoms with Crippen molar-refractivity contribution in [2.24, 2.45) is 0 Å². The molecule has 0 N–H and O–H groups in total. The van der Waals surface area contributed by atoms with E-state index in [1.807, 2.05) is 24.4 Å². The van der Waals surface area contributed by atoms with Crippen LogP contribution in [-0.2, 0) is 0 Å². The van der Waals surface area contributed by atoms with Crippen LogP contribution in [0.25, 0.3) is 32.7 Å². The lowest BCUT2D eigenvalue weighted by Crippen LogP contribution is -2.29. The van der Waals surface area contributed by atoms with Crippen molar-refractivity contribution in [2.45, 2.75) is 12.8 Å². The minimum absolute atomic E-state index is 0.0430. The summed E-state index contributed by atoms with van der Waals surface area (Å²) in [5.41, 5.74) is 6.15. The van der Waals surface area contributed by atoms with Crippen LogP contribution in [0.15, 0.2) is 120 Å². The number of hydrogen-bond donors (Lipinski definition) is 0. The Hall–Kier alpha value is -4.36. The van der Waals surface area contributed by atoms with Gasteiger partial charge in [-0.2, -0.15) is 5.26 Å². The Morgan fingerprint density at radius 2 is 1.53 bits per heavy atom. The van der Waals surface area contributed by atoms with Crippen molar-refractivity contribution in [1.82, 2.24) is 9.46 Å². The molecule has 0 unspecified atom stereocenters. The Morgan fingerprint density at radius 1 is 0.824 bits per heavy atom. The number of benzene rings is 2. The summed E-state index contributed by atoms with van der Waals surface area (Å²) in [6.45, 7) is -0.0430. The molecule has 4 aromatic rings. The van der Waals surface area contributed by atoms with Gasteiger partial charge in [0.15, 0.2) is 0 Å². The van der Waals surface area contributed by atoms with Crippen molar-refractivity contribution in [3.8, 4) is 6.07 Å². The fourth-order valence-corrected chi connectivity index (χ4v) is 5.12. The van der Waals surface area contributed by atoms with E-state index in [0.29, 0.717) is 5.56 Å². The van der Waals surface area contributed by atoms with Gasteiger partial charge in [0.1, 0.15) is 0 Å². The molecule has 0 amide bonds. The molecule has 4 heteroatoms. The van der Waals surface area contributed by atoms with Gasteiger partial charge in [0.25, 0.3) is 0 Å². The minimum Gasteiger partial charge on any atom is -0.374 e. The average molecular weight is 435 g/mol. The van der Waals surface area contributed by atoms with Gasteiger partial charge >= 0.3 is 6.85 Å². The number of pyridine rings is 1. The minimum atomic E-state index is -0.0430. The molecule has 0 saturated carbocycles. The van der Waals surface area contributed by atoms with E-state index < -0.39 is 0 Å². The van der Waals surface area contributed by atoms with Crippen LogP contribution in [-0.4, -0.2) is 16.3 Å². The third-order valence-electron chi connectivity index (χ3n) is 6.59. The lowest BCUT2D eigenvalue weighted by atomic mass is 9.48. The van der Waals surface area contributed by atoms with Gasteiger partial charge in [-0.05, 0) is 37.1 Å². The van der Waals surface area contributed by atoms with Crippen LogP contribution in [0.4, 0.5) is 0 Å². The highest BCUT2D eigenvalue weighted by Gasteiger charge is 2.29. The monoisotopic (exact) mass is 435 g/mol. The summed E-state index contributed by atoms with van der Waals surface area (Å²) < 4.78 is 2.42. The maximum atomic E-state index is 9.92. The van der Waals surface area contributed by atoms with Crippen molar-refractivity contribution in [2.75, 3.05) is 0 Å². The molecule has 34 heavy (non-hydrogen) atoms. The van der Waals surface area contributed by atoms with Gasteiger partial charge in [0.05, 0.1) is 22.7 Å². The lowest BCUT2D eigenvalue weighted by molar-refractivity contribution is 1.30. The van der Waals surface area contributed by atoms with E-state index in [0.717, 1.165) is 45.6 Å². The molecule has 2 aliphatic carbocycles. The number of aromatic nitrogens is 2. The SMILES string of the molecule is N#Cc1cc2c3ccccc3n(B(C3=CC=CCC=C3)C3=CC=CCC=C3)c2c2ncccc12. The Kier molecular flexibility index (Phi) is 5.09. The molecular formula is C30H22BN3.